The molecule has 0 aromatic heterocycles. The predicted octanol–water partition coefficient (Wildman–Crippen LogP) is 2.48. The molecule has 1 aliphatic rings. The third-order valence-corrected chi connectivity index (χ3v) is 2.94. The lowest BCUT2D eigenvalue weighted by Gasteiger charge is -2.34. The smallest absolute Gasteiger partial charge is 0.143 e. The minimum Gasteiger partial charge on any atom is -0.369 e. The van der Waals surface area contributed by atoms with Gasteiger partial charge >= 0.3 is 0 Å². The molecule has 0 aliphatic carbocycles. The third-order valence-electron chi connectivity index (χ3n) is 2.94. The maximum atomic E-state index is 13.4. The summed E-state index contributed by atoms with van der Waals surface area (Å²) in [5, 5.41) is 8.64. The number of likely N-dealkylation sites (N-methyl/N-ethyl adjacent to an activating group) is 1. The van der Waals surface area contributed by atoms with E-state index in [0.29, 0.717) is 0 Å². The topological polar surface area (TPSA) is 30.3 Å². The lowest BCUT2D eigenvalue weighted by atomic mass is 10.2. The van der Waals surface area contributed by atoms with Crippen molar-refractivity contribution in [3.8, 4) is 6.07 Å². The largest absolute Gasteiger partial charge is 0.369 e. The number of halogens is 1. The molecular weight excluding hydrogens is 229 g/mol. The summed E-state index contributed by atoms with van der Waals surface area (Å²) in [6, 6.07) is 6.64. The molecule has 1 saturated heterocycles. The molecule has 0 atom stereocenters. The van der Waals surface area contributed by atoms with E-state index in [2.05, 4.69) is 16.8 Å². The van der Waals surface area contributed by atoms with Gasteiger partial charge in [-0.2, -0.15) is 5.26 Å². The molecule has 0 amide bonds. The Hall–Kier alpha value is -1.60. The predicted molar refractivity (Wildman–Crippen MR) is 72.2 cm³/mol. The van der Waals surface area contributed by atoms with Crippen LogP contribution in [0.3, 0.4) is 0 Å². The minimum absolute atomic E-state index is 0.109. The number of hydrogen-bond donors (Lipinski definition) is 0. The minimum atomic E-state index is -0.432. The van der Waals surface area contributed by atoms with E-state index in [1.54, 1.807) is 6.07 Å². The monoisotopic (exact) mass is 249 g/mol. The quantitative estimate of drug-likeness (QED) is 0.766. The lowest BCUT2D eigenvalue weighted by molar-refractivity contribution is 0.313. The van der Waals surface area contributed by atoms with E-state index in [-0.39, 0.29) is 5.56 Å². The molecule has 3 nitrogen and oxygen atoms in total. The maximum absolute atomic E-state index is 13.4. The van der Waals surface area contributed by atoms with Gasteiger partial charge in [0.15, 0.2) is 0 Å². The van der Waals surface area contributed by atoms with Crippen LogP contribution in [-0.2, 0) is 0 Å². The summed E-state index contributed by atoms with van der Waals surface area (Å²) in [4.78, 5) is 4.39. The second-order valence-corrected chi connectivity index (χ2v) is 4.07. The summed E-state index contributed by atoms with van der Waals surface area (Å²) < 4.78 is 13.4. The Labute approximate surface area is 108 Å². The van der Waals surface area contributed by atoms with E-state index < -0.39 is 5.82 Å². The van der Waals surface area contributed by atoms with Crippen LogP contribution in [0.2, 0.25) is 0 Å². The molecule has 1 aromatic rings. The highest BCUT2D eigenvalue weighted by Gasteiger charge is 2.15. The molecule has 0 unspecified atom stereocenters. The molecule has 1 aliphatic heterocycles. The second kappa shape index (κ2) is 6.97. The Morgan fingerprint density at radius 3 is 2.28 bits per heavy atom. The second-order valence-electron chi connectivity index (χ2n) is 4.07. The number of nitrogens with zero attached hydrogens (tertiary/aromatic N) is 3. The summed E-state index contributed by atoms with van der Waals surface area (Å²) in [5.74, 6) is -0.432. The van der Waals surface area contributed by atoms with Crippen molar-refractivity contribution in [2.45, 2.75) is 13.8 Å². The summed E-state index contributed by atoms with van der Waals surface area (Å²) >= 11 is 0. The zero-order chi connectivity index (χ0) is 13.5. The van der Waals surface area contributed by atoms with Gasteiger partial charge < -0.3 is 9.80 Å². The van der Waals surface area contributed by atoms with Gasteiger partial charge in [-0.3, -0.25) is 0 Å². The van der Waals surface area contributed by atoms with Crippen molar-refractivity contribution < 1.29 is 4.39 Å². The standard InChI is InChI=1S/C12H14FN3.C2H6/c1-15-4-6-16(7-5-15)11-3-2-10(9-14)12(13)8-11;1-2/h2-3,8H,4-7H2,1H3;1-2H3. The van der Waals surface area contributed by atoms with E-state index in [1.165, 1.54) is 6.07 Å². The molecule has 0 spiro atoms. The fourth-order valence-corrected chi connectivity index (χ4v) is 1.86. The maximum Gasteiger partial charge on any atom is 0.143 e. The Morgan fingerprint density at radius 2 is 1.78 bits per heavy atom. The normalized spacial score (nSPS) is 15.6. The number of rotatable bonds is 1. The van der Waals surface area contributed by atoms with Crippen molar-refractivity contribution in [3.63, 3.8) is 0 Å². The van der Waals surface area contributed by atoms with Crippen molar-refractivity contribution in [1.82, 2.24) is 4.90 Å². The molecule has 98 valence electrons. The summed E-state index contributed by atoms with van der Waals surface area (Å²) in [6.45, 7) is 7.78. The van der Waals surface area contributed by atoms with Crippen LogP contribution in [0.15, 0.2) is 18.2 Å². The Kier molecular flexibility index (Phi) is 5.60. The van der Waals surface area contributed by atoms with Crippen LogP contribution in [0.25, 0.3) is 0 Å². The number of hydrogen-bond acceptors (Lipinski definition) is 3. The molecule has 1 heterocycles. The Morgan fingerprint density at radius 1 is 1.17 bits per heavy atom. The van der Waals surface area contributed by atoms with Crippen LogP contribution >= 0.6 is 0 Å². The molecule has 1 aromatic carbocycles. The zero-order valence-corrected chi connectivity index (χ0v) is 11.3. The third kappa shape index (κ3) is 3.44. The molecule has 0 bridgehead atoms. The molecule has 1 fully saturated rings. The highest BCUT2D eigenvalue weighted by Crippen LogP contribution is 2.19. The number of anilines is 1. The first-order chi connectivity index (χ1) is 8.70. The van der Waals surface area contributed by atoms with Crippen molar-refractivity contribution in [3.05, 3.63) is 29.6 Å². The molecule has 0 N–H and O–H groups in total. The average Bonchev–Trinajstić information content (AvgIpc) is 2.42. The van der Waals surface area contributed by atoms with Gasteiger partial charge in [0.25, 0.3) is 0 Å². The highest BCUT2D eigenvalue weighted by molar-refractivity contribution is 5.50. The van der Waals surface area contributed by atoms with E-state index >= 15 is 0 Å². The molecule has 4 heteroatoms. The summed E-state index contributed by atoms with van der Waals surface area (Å²) in [7, 11) is 2.08. The first-order valence-corrected chi connectivity index (χ1v) is 6.34. The van der Waals surface area contributed by atoms with E-state index in [0.717, 1.165) is 31.9 Å². The van der Waals surface area contributed by atoms with E-state index in [1.807, 2.05) is 26.0 Å². The first kappa shape index (κ1) is 14.5. The van der Waals surface area contributed by atoms with Gasteiger partial charge in [-0.05, 0) is 25.2 Å². The molecule has 0 radical (unpaired) electrons. The van der Waals surface area contributed by atoms with Crippen LogP contribution in [0.1, 0.15) is 19.4 Å². The zero-order valence-electron chi connectivity index (χ0n) is 11.3. The number of nitriles is 1. The molecular formula is C14H20FN3. The molecule has 18 heavy (non-hydrogen) atoms. The van der Waals surface area contributed by atoms with Gasteiger partial charge in [-0.25, -0.2) is 4.39 Å². The molecule has 0 saturated carbocycles. The SMILES string of the molecule is CC.CN1CCN(c2ccc(C#N)c(F)c2)CC1. The Bertz CT molecular complexity index is 418. The van der Waals surface area contributed by atoms with E-state index in [9.17, 15) is 4.39 Å². The van der Waals surface area contributed by atoms with Crippen LogP contribution in [-0.4, -0.2) is 38.1 Å². The molecule has 2 rings (SSSR count). The number of piperazine rings is 1. The van der Waals surface area contributed by atoms with Crippen LogP contribution in [0.5, 0.6) is 0 Å². The van der Waals surface area contributed by atoms with Gasteiger partial charge in [-0.1, -0.05) is 13.8 Å². The van der Waals surface area contributed by atoms with Crippen LogP contribution < -0.4 is 4.90 Å². The fraction of sp³-hybridized carbons (Fsp3) is 0.500. The first-order valence-electron chi connectivity index (χ1n) is 6.34. The van der Waals surface area contributed by atoms with Gasteiger partial charge in [0.05, 0.1) is 5.56 Å². The lowest BCUT2D eigenvalue weighted by Crippen LogP contribution is -2.44. The van der Waals surface area contributed by atoms with Gasteiger partial charge in [-0.15, -0.1) is 0 Å². The Balaban J connectivity index is 0.000000771. The van der Waals surface area contributed by atoms with Gasteiger partial charge in [0.1, 0.15) is 11.9 Å². The fourth-order valence-electron chi connectivity index (χ4n) is 1.86. The van der Waals surface area contributed by atoms with Gasteiger partial charge in [0.2, 0.25) is 0 Å². The average molecular weight is 249 g/mol. The van der Waals surface area contributed by atoms with Crippen molar-refractivity contribution >= 4 is 5.69 Å². The van der Waals surface area contributed by atoms with Crippen LogP contribution in [0.4, 0.5) is 10.1 Å². The highest BCUT2D eigenvalue weighted by atomic mass is 19.1. The van der Waals surface area contributed by atoms with Crippen molar-refractivity contribution in [2.24, 2.45) is 0 Å². The summed E-state index contributed by atoms with van der Waals surface area (Å²) in [6.07, 6.45) is 0. The summed E-state index contributed by atoms with van der Waals surface area (Å²) in [5.41, 5.74) is 0.975. The van der Waals surface area contributed by atoms with E-state index in [4.69, 9.17) is 5.26 Å². The van der Waals surface area contributed by atoms with Gasteiger partial charge in [0, 0.05) is 31.9 Å². The van der Waals surface area contributed by atoms with Crippen LogP contribution in [0, 0.1) is 17.1 Å². The van der Waals surface area contributed by atoms with Crippen molar-refractivity contribution in [2.75, 3.05) is 38.1 Å². The van der Waals surface area contributed by atoms with Crippen molar-refractivity contribution in [1.29, 1.82) is 5.26 Å². The number of benzene rings is 1.